The molecular formula is C24H17N3O5S2. The molecule has 1 aliphatic rings. The predicted molar refractivity (Wildman–Crippen MR) is 133 cm³/mol. The Morgan fingerprint density at radius 2 is 2.03 bits per heavy atom. The standard InChI is InChI=1S/C24H17N3O5S2/c1-31-17-9-5-6-14-10-18(32-22(14)17)21-15(12-27(25-21)16-7-3-2-4-8-16)11-19-23(30)26(13-20(28)29)24(33)34-19/h2-12H,13H2,1H3,(H,28,29)/b19-11-. The Bertz CT molecular complexity index is 1470. The van der Waals surface area contributed by atoms with Crippen molar-refractivity contribution in [2.75, 3.05) is 13.7 Å². The van der Waals surface area contributed by atoms with Gasteiger partial charge in [0.25, 0.3) is 5.91 Å². The molecule has 1 fully saturated rings. The van der Waals surface area contributed by atoms with E-state index in [1.54, 1.807) is 24.1 Å². The lowest BCUT2D eigenvalue weighted by molar-refractivity contribution is -0.140. The van der Waals surface area contributed by atoms with Gasteiger partial charge in [-0.1, -0.05) is 54.3 Å². The number of aromatic nitrogens is 2. The van der Waals surface area contributed by atoms with Crippen molar-refractivity contribution in [3.63, 3.8) is 0 Å². The van der Waals surface area contributed by atoms with Crippen LogP contribution in [0, 0.1) is 0 Å². The number of carboxylic acids is 1. The van der Waals surface area contributed by atoms with Gasteiger partial charge in [0.2, 0.25) is 0 Å². The van der Waals surface area contributed by atoms with Gasteiger partial charge in [-0.05, 0) is 30.3 Å². The summed E-state index contributed by atoms with van der Waals surface area (Å²) in [5.74, 6) is -0.489. The number of carboxylic acid groups (broad SMARTS) is 1. The summed E-state index contributed by atoms with van der Waals surface area (Å²) < 4.78 is 13.4. The molecule has 1 amide bonds. The topological polar surface area (TPSA) is 97.8 Å². The third kappa shape index (κ3) is 3.97. The zero-order chi connectivity index (χ0) is 23.8. The molecule has 0 aliphatic carbocycles. The molecule has 1 aliphatic heterocycles. The number of rotatable bonds is 6. The maximum absolute atomic E-state index is 12.8. The van der Waals surface area contributed by atoms with Crippen LogP contribution in [0.1, 0.15) is 5.56 Å². The van der Waals surface area contributed by atoms with Crippen LogP contribution in [0.4, 0.5) is 0 Å². The van der Waals surface area contributed by atoms with E-state index in [2.05, 4.69) is 0 Å². The lowest BCUT2D eigenvalue weighted by Crippen LogP contribution is -2.33. The van der Waals surface area contributed by atoms with Gasteiger partial charge in [-0.15, -0.1) is 0 Å². The predicted octanol–water partition coefficient (Wildman–Crippen LogP) is 4.58. The first-order chi connectivity index (χ1) is 16.4. The number of thiocarbonyl (C=S) groups is 1. The zero-order valence-electron chi connectivity index (χ0n) is 17.8. The zero-order valence-corrected chi connectivity index (χ0v) is 19.4. The molecule has 8 nitrogen and oxygen atoms in total. The van der Waals surface area contributed by atoms with Crippen molar-refractivity contribution in [2.24, 2.45) is 0 Å². The number of carbonyl (C=O) groups excluding carboxylic acids is 1. The first kappa shape index (κ1) is 21.9. The van der Waals surface area contributed by atoms with E-state index in [4.69, 9.17) is 31.6 Å². The second-order valence-corrected chi connectivity index (χ2v) is 9.04. The Morgan fingerprint density at radius 1 is 1.24 bits per heavy atom. The summed E-state index contributed by atoms with van der Waals surface area (Å²) in [5, 5.41) is 14.7. The Hall–Kier alpha value is -3.89. The number of nitrogens with zero attached hydrogens (tertiary/aromatic N) is 3. The van der Waals surface area contributed by atoms with Gasteiger partial charge < -0.3 is 14.3 Å². The average Bonchev–Trinajstić information content (AvgIpc) is 3.52. The molecule has 0 bridgehead atoms. The number of hydrogen-bond acceptors (Lipinski definition) is 7. The Kier molecular flexibility index (Phi) is 5.68. The minimum atomic E-state index is -1.13. The molecule has 4 aromatic rings. The molecule has 0 spiro atoms. The third-order valence-electron chi connectivity index (χ3n) is 5.18. The third-order valence-corrected chi connectivity index (χ3v) is 6.56. The number of carbonyl (C=O) groups is 2. The SMILES string of the molecule is COc1cccc2cc(-c3nn(-c4ccccc4)cc3/C=C3\SC(=S)N(CC(=O)O)C3=O)oc12. The quantitative estimate of drug-likeness (QED) is 0.309. The van der Waals surface area contributed by atoms with Crippen LogP contribution in [0.25, 0.3) is 34.2 Å². The van der Waals surface area contributed by atoms with Crippen LogP contribution in [-0.2, 0) is 9.59 Å². The van der Waals surface area contributed by atoms with Crippen molar-refractivity contribution in [2.45, 2.75) is 0 Å². The molecule has 1 saturated heterocycles. The number of amides is 1. The van der Waals surface area contributed by atoms with Crippen LogP contribution in [-0.4, -0.2) is 49.6 Å². The highest BCUT2D eigenvalue weighted by Crippen LogP contribution is 2.37. The number of furan rings is 1. The Balaban J connectivity index is 1.63. The van der Waals surface area contributed by atoms with Crippen LogP contribution in [0.5, 0.6) is 5.75 Å². The van der Waals surface area contributed by atoms with Crippen molar-refractivity contribution in [3.8, 4) is 22.9 Å². The minimum Gasteiger partial charge on any atom is -0.493 e. The molecule has 3 heterocycles. The van der Waals surface area contributed by atoms with Crippen molar-refractivity contribution >= 4 is 57.2 Å². The van der Waals surface area contributed by atoms with E-state index >= 15 is 0 Å². The van der Waals surface area contributed by atoms with Gasteiger partial charge in [0.1, 0.15) is 16.6 Å². The largest absolute Gasteiger partial charge is 0.493 e. The van der Waals surface area contributed by atoms with Gasteiger partial charge in [0, 0.05) is 17.1 Å². The number of ether oxygens (including phenoxy) is 1. The fourth-order valence-corrected chi connectivity index (χ4v) is 4.87. The molecule has 5 rings (SSSR count). The molecule has 2 aromatic heterocycles. The molecule has 2 aromatic carbocycles. The van der Waals surface area contributed by atoms with Crippen molar-refractivity contribution < 1.29 is 23.8 Å². The van der Waals surface area contributed by atoms with Gasteiger partial charge in [0.05, 0.1) is 17.7 Å². The summed E-state index contributed by atoms with van der Waals surface area (Å²) in [6.07, 6.45) is 3.45. The summed E-state index contributed by atoms with van der Waals surface area (Å²) in [6, 6.07) is 17.0. The molecule has 0 unspecified atom stereocenters. The Labute approximate surface area is 203 Å². The number of fused-ring (bicyclic) bond motifs is 1. The van der Waals surface area contributed by atoms with Crippen LogP contribution in [0.2, 0.25) is 0 Å². The van der Waals surface area contributed by atoms with Crippen LogP contribution >= 0.6 is 24.0 Å². The molecular weight excluding hydrogens is 474 g/mol. The normalized spacial score (nSPS) is 15.0. The van der Waals surface area contributed by atoms with Crippen molar-refractivity contribution in [1.82, 2.24) is 14.7 Å². The number of methoxy groups -OCH3 is 1. The van der Waals surface area contributed by atoms with Gasteiger partial charge in [-0.2, -0.15) is 5.10 Å². The lowest BCUT2D eigenvalue weighted by Gasteiger charge is -2.10. The van der Waals surface area contributed by atoms with E-state index < -0.39 is 18.4 Å². The van der Waals surface area contributed by atoms with Crippen LogP contribution < -0.4 is 4.74 Å². The van der Waals surface area contributed by atoms with Crippen LogP contribution in [0.15, 0.2) is 70.1 Å². The molecule has 0 radical (unpaired) electrons. The summed E-state index contributed by atoms with van der Waals surface area (Å²) >= 11 is 6.28. The second-order valence-electron chi connectivity index (χ2n) is 7.36. The lowest BCUT2D eigenvalue weighted by atomic mass is 10.1. The first-order valence-corrected chi connectivity index (χ1v) is 11.4. The average molecular weight is 492 g/mol. The minimum absolute atomic E-state index is 0.198. The summed E-state index contributed by atoms with van der Waals surface area (Å²) in [6.45, 7) is -0.485. The summed E-state index contributed by atoms with van der Waals surface area (Å²) in [5.41, 5.74) is 2.56. The smallest absolute Gasteiger partial charge is 0.323 e. The van der Waals surface area contributed by atoms with E-state index in [9.17, 15) is 9.59 Å². The maximum Gasteiger partial charge on any atom is 0.323 e. The number of hydrogen-bond donors (Lipinski definition) is 1. The van der Waals surface area contributed by atoms with Gasteiger partial charge in [0.15, 0.2) is 17.1 Å². The fourth-order valence-electron chi connectivity index (χ4n) is 3.62. The van der Waals surface area contributed by atoms with E-state index in [0.717, 1.165) is 27.7 Å². The first-order valence-electron chi connectivity index (χ1n) is 10.1. The number of benzene rings is 2. The van der Waals surface area contributed by atoms with E-state index in [-0.39, 0.29) is 4.32 Å². The molecule has 34 heavy (non-hydrogen) atoms. The number of para-hydroxylation sites is 2. The van der Waals surface area contributed by atoms with Gasteiger partial charge in [-0.3, -0.25) is 14.5 Å². The molecule has 0 atom stereocenters. The number of thioether (sulfide) groups is 1. The maximum atomic E-state index is 12.8. The Morgan fingerprint density at radius 3 is 2.76 bits per heavy atom. The van der Waals surface area contributed by atoms with Crippen LogP contribution in [0.3, 0.4) is 0 Å². The highest BCUT2D eigenvalue weighted by Gasteiger charge is 2.34. The molecule has 0 saturated carbocycles. The van der Waals surface area contributed by atoms with Gasteiger partial charge in [-0.25, -0.2) is 4.68 Å². The summed E-state index contributed by atoms with van der Waals surface area (Å²) in [7, 11) is 1.58. The van der Waals surface area contributed by atoms with E-state index in [0.29, 0.717) is 33.3 Å². The highest BCUT2D eigenvalue weighted by molar-refractivity contribution is 8.26. The molecule has 10 heteroatoms. The molecule has 1 N–H and O–H groups in total. The molecule has 170 valence electrons. The van der Waals surface area contributed by atoms with Crippen molar-refractivity contribution in [1.29, 1.82) is 0 Å². The highest BCUT2D eigenvalue weighted by atomic mass is 32.2. The second kappa shape index (κ2) is 8.81. The van der Waals surface area contributed by atoms with E-state index in [1.807, 2.05) is 54.6 Å². The monoisotopic (exact) mass is 491 g/mol. The van der Waals surface area contributed by atoms with E-state index in [1.165, 1.54) is 0 Å². The summed E-state index contributed by atoms with van der Waals surface area (Å²) in [4.78, 5) is 25.3. The van der Waals surface area contributed by atoms with Gasteiger partial charge >= 0.3 is 5.97 Å². The fraction of sp³-hybridized carbons (Fsp3) is 0.0833. The van der Waals surface area contributed by atoms with Crippen molar-refractivity contribution in [3.05, 3.63) is 71.3 Å². The number of aliphatic carboxylic acids is 1.